The molecule has 0 aliphatic carbocycles. The Bertz CT molecular complexity index is 926. The number of carboxylic acid groups (broad SMARTS) is 1. The van der Waals surface area contributed by atoms with Gasteiger partial charge in [-0.3, -0.25) is 0 Å². The Morgan fingerprint density at radius 3 is 2.79 bits per heavy atom. The van der Waals surface area contributed by atoms with Crippen LogP contribution in [0.4, 0.5) is 10.1 Å². The molecule has 0 bridgehead atoms. The largest absolute Gasteiger partial charge is 0.475 e. The van der Waals surface area contributed by atoms with Crippen LogP contribution in [0.2, 0.25) is 5.02 Å². The van der Waals surface area contributed by atoms with Gasteiger partial charge in [-0.1, -0.05) is 11.6 Å². The van der Waals surface area contributed by atoms with Gasteiger partial charge in [0.25, 0.3) is 0 Å². The summed E-state index contributed by atoms with van der Waals surface area (Å²) in [4.78, 5) is 11.9. The molecule has 124 valence electrons. The summed E-state index contributed by atoms with van der Waals surface area (Å²) in [5, 5.41) is 13.1. The van der Waals surface area contributed by atoms with Crippen LogP contribution in [0.15, 0.2) is 45.7 Å². The van der Waals surface area contributed by atoms with Gasteiger partial charge in [-0.15, -0.1) is 11.8 Å². The summed E-state index contributed by atoms with van der Waals surface area (Å²) in [6.07, 6.45) is 1.94. The lowest BCUT2D eigenvalue weighted by molar-refractivity contribution is 0.0665. The normalized spacial score (nSPS) is 11.0. The molecule has 7 heteroatoms. The number of hydrogen-bond donors (Lipinski definition) is 2. The zero-order valence-electron chi connectivity index (χ0n) is 12.6. The van der Waals surface area contributed by atoms with Gasteiger partial charge in [0.2, 0.25) is 5.76 Å². The predicted octanol–water partition coefficient (Wildman–Crippen LogP) is 5.26. The number of benzene rings is 2. The third kappa shape index (κ3) is 3.34. The van der Waals surface area contributed by atoms with E-state index in [0.717, 1.165) is 10.6 Å². The van der Waals surface area contributed by atoms with Gasteiger partial charge in [0.05, 0.1) is 5.02 Å². The number of aromatic carboxylic acids is 1. The van der Waals surface area contributed by atoms with Crippen molar-refractivity contribution in [2.45, 2.75) is 11.4 Å². The molecule has 0 aliphatic rings. The van der Waals surface area contributed by atoms with Crippen LogP contribution in [0.25, 0.3) is 11.0 Å². The Hall–Kier alpha value is -2.18. The van der Waals surface area contributed by atoms with Crippen molar-refractivity contribution < 1.29 is 18.7 Å². The van der Waals surface area contributed by atoms with E-state index in [4.69, 9.17) is 21.1 Å². The van der Waals surface area contributed by atoms with E-state index >= 15 is 0 Å². The van der Waals surface area contributed by atoms with E-state index in [1.807, 2.05) is 18.4 Å². The highest BCUT2D eigenvalue weighted by atomic mass is 35.5. The molecule has 0 unspecified atom stereocenters. The number of fused-ring (bicyclic) bond motifs is 1. The molecule has 0 amide bonds. The number of rotatable bonds is 5. The van der Waals surface area contributed by atoms with Crippen LogP contribution < -0.4 is 5.32 Å². The molecule has 0 radical (unpaired) electrons. The zero-order valence-corrected chi connectivity index (χ0v) is 14.2. The number of nitrogens with one attached hydrogen (secondary N) is 1. The fourth-order valence-electron chi connectivity index (χ4n) is 2.32. The SMILES string of the molecule is CSc1ccc(NCc2cc3oc(C(=O)O)cc3cc2F)cc1Cl. The van der Waals surface area contributed by atoms with E-state index in [-0.39, 0.29) is 12.3 Å². The van der Waals surface area contributed by atoms with Crippen molar-refractivity contribution in [3.05, 3.63) is 58.6 Å². The molecule has 1 heterocycles. The van der Waals surface area contributed by atoms with Crippen molar-refractivity contribution in [3.8, 4) is 0 Å². The van der Waals surface area contributed by atoms with Crippen molar-refractivity contribution in [1.29, 1.82) is 0 Å². The monoisotopic (exact) mass is 365 g/mol. The first-order chi connectivity index (χ1) is 11.5. The minimum Gasteiger partial charge on any atom is -0.475 e. The third-order valence-corrected chi connectivity index (χ3v) is 4.75. The predicted molar refractivity (Wildman–Crippen MR) is 93.7 cm³/mol. The fourth-order valence-corrected chi connectivity index (χ4v) is 3.19. The Morgan fingerprint density at radius 1 is 1.33 bits per heavy atom. The first-order valence-corrected chi connectivity index (χ1v) is 8.61. The molecule has 2 aromatic carbocycles. The quantitative estimate of drug-likeness (QED) is 0.604. The molecule has 24 heavy (non-hydrogen) atoms. The van der Waals surface area contributed by atoms with E-state index in [9.17, 15) is 9.18 Å². The summed E-state index contributed by atoms with van der Waals surface area (Å²) in [6, 6.07) is 9.61. The summed E-state index contributed by atoms with van der Waals surface area (Å²) in [5.41, 5.74) is 1.48. The number of halogens is 2. The highest BCUT2D eigenvalue weighted by Crippen LogP contribution is 2.29. The topological polar surface area (TPSA) is 62.5 Å². The molecule has 0 atom stereocenters. The van der Waals surface area contributed by atoms with Crippen molar-refractivity contribution in [2.75, 3.05) is 11.6 Å². The Morgan fingerprint density at radius 2 is 2.12 bits per heavy atom. The molecule has 3 aromatic rings. The Labute approximate surface area is 146 Å². The van der Waals surface area contributed by atoms with E-state index in [1.54, 1.807) is 17.8 Å². The Kier molecular flexibility index (Phi) is 4.69. The standard InChI is InChI=1S/C17H13ClFNO3S/c1-24-16-3-2-11(7-12(16)18)20-8-10-6-14-9(4-13(10)19)5-15(23-14)17(21)22/h2-7,20H,8H2,1H3,(H,21,22). The smallest absolute Gasteiger partial charge is 0.371 e. The second kappa shape index (κ2) is 6.75. The molecule has 0 saturated carbocycles. The minimum absolute atomic E-state index is 0.214. The second-order valence-electron chi connectivity index (χ2n) is 5.10. The van der Waals surface area contributed by atoms with Gasteiger partial charge in [0.1, 0.15) is 11.4 Å². The lowest BCUT2D eigenvalue weighted by Crippen LogP contribution is -2.01. The van der Waals surface area contributed by atoms with Crippen molar-refractivity contribution >= 4 is 46.0 Å². The van der Waals surface area contributed by atoms with E-state index in [2.05, 4.69) is 5.32 Å². The molecular formula is C17H13ClFNO3S. The van der Waals surface area contributed by atoms with Gasteiger partial charge in [-0.2, -0.15) is 0 Å². The molecule has 0 saturated heterocycles. The van der Waals surface area contributed by atoms with Gasteiger partial charge in [-0.25, -0.2) is 9.18 Å². The van der Waals surface area contributed by atoms with Crippen LogP contribution in [0.5, 0.6) is 0 Å². The van der Waals surface area contributed by atoms with Crippen LogP contribution in [0.3, 0.4) is 0 Å². The molecule has 4 nitrogen and oxygen atoms in total. The van der Waals surface area contributed by atoms with Gasteiger partial charge in [0, 0.05) is 28.1 Å². The minimum atomic E-state index is -1.19. The molecule has 3 rings (SSSR count). The maximum atomic E-state index is 14.2. The highest BCUT2D eigenvalue weighted by molar-refractivity contribution is 7.98. The van der Waals surface area contributed by atoms with E-state index in [1.165, 1.54) is 18.2 Å². The fraction of sp³-hybridized carbons (Fsp3) is 0.118. The van der Waals surface area contributed by atoms with Crippen LogP contribution in [-0.2, 0) is 6.54 Å². The molecule has 0 spiro atoms. The van der Waals surface area contributed by atoms with E-state index < -0.39 is 11.8 Å². The maximum Gasteiger partial charge on any atom is 0.371 e. The number of thioether (sulfide) groups is 1. The lowest BCUT2D eigenvalue weighted by atomic mass is 10.1. The van der Waals surface area contributed by atoms with Crippen LogP contribution in [0.1, 0.15) is 16.1 Å². The first kappa shape index (κ1) is 16.7. The molecule has 0 aliphatic heterocycles. The lowest BCUT2D eigenvalue weighted by Gasteiger charge is -2.09. The van der Waals surface area contributed by atoms with E-state index in [0.29, 0.717) is 21.6 Å². The summed E-state index contributed by atoms with van der Waals surface area (Å²) >= 11 is 7.69. The molecule has 1 aromatic heterocycles. The summed E-state index contributed by atoms with van der Waals surface area (Å²) < 4.78 is 19.4. The number of carboxylic acids is 1. The first-order valence-electron chi connectivity index (χ1n) is 7.00. The number of furan rings is 1. The van der Waals surface area contributed by atoms with Gasteiger partial charge >= 0.3 is 5.97 Å². The molecule has 0 fully saturated rings. The third-order valence-electron chi connectivity index (χ3n) is 3.53. The van der Waals surface area contributed by atoms with Crippen LogP contribution in [-0.4, -0.2) is 17.3 Å². The van der Waals surface area contributed by atoms with Crippen LogP contribution in [0, 0.1) is 5.82 Å². The average Bonchev–Trinajstić information content (AvgIpc) is 2.95. The van der Waals surface area contributed by atoms with Crippen molar-refractivity contribution in [1.82, 2.24) is 0 Å². The van der Waals surface area contributed by atoms with Gasteiger partial charge in [0.15, 0.2) is 0 Å². The van der Waals surface area contributed by atoms with Gasteiger partial charge in [-0.05, 0) is 42.7 Å². The summed E-state index contributed by atoms with van der Waals surface area (Å²) in [5.74, 6) is -1.83. The number of hydrogen-bond acceptors (Lipinski definition) is 4. The number of anilines is 1. The number of carbonyl (C=O) groups is 1. The van der Waals surface area contributed by atoms with Crippen LogP contribution >= 0.6 is 23.4 Å². The van der Waals surface area contributed by atoms with Crippen molar-refractivity contribution in [3.63, 3.8) is 0 Å². The summed E-state index contributed by atoms with van der Waals surface area (Å²) in [7, 11) is 0. The second-order valence-corrected chi connectivity index (χ2v) is 6.36. The molecule has 2 N–H and O–H groups in total. The highest BCUT2D eigenvalue weighted by Gasteiger charge is 2.13. The van der Waals surface area contributed by atoms with Crippen molar-refractivity contribution in [2.24, 2.45) is 0 Å². The summed E-state index contributed by atoms with van der Waals surface area (Å²) in [6.45, 7) is 0.222. The average molecular weight is 366 g/mol. The zero-order chi connectivity index (χ0) is 17.3. The Balaban J connectivity index is 1.83. The maximum absolute atomic E-state index is 14.2. The molecular weight excluding hydrogens is 353 g/mol. The van der Waals surface area contributed by atoms with Gasteiger partial charge < -0.3 is 14.8 Å².